The van der Waals surface area contributed by atoms with Crippen molar-refractivity contribution in [3.05, 3.63) is 46.8 Å². The maximum absolute atomic E-state index is 12.3. The Morgan fingerprint density at radius 3 is 2.56 bits per heavy atom. The fraction of sp³-hybridized carbons (Fsp3) is 0.353. The first kappa shape index (κ1) is 18.7. The van der Waals surface area contributed by atoms with Crippen LogP contribution in [0.2, 0.25) is 0 Å². The van der Waals surface area contributed by atoms with Crippen LogP contribution in [0.3, 0.4) is 0 Å². The maximum Gasteiger partial charge on any atom is 0.275 e. The summed E-state index contributed by atoms with van der Waals surface area (Å²) in [7, 11) is 1.62. The van der Waals surface area contributed by atoms with E-state index in [9.17, 15) is 4.79 Å². The normalized spacial score (nSPS) is 10.4. The fourth-order valence-electron chi connectivity index (χ4n) is 2.20. The first-order valence-corrected chi connectivity index (χ1v) is 8.26. The Bertz CT molecular complexity index is 741. The van der Waals surface area contributed by atoms with Gasteiger partial charge in [0.1, 0.15) is 11.3 Å². The summed E-state index contributed by atoms with van der Waals surface area (Å²) in [5.74, 6) is 1.06. The standard InChI is InChI=1S/C17H22N4O3S/c1-10(2)15-14(11(3)21-24-15)16(22)19-20-17(25)18-9-12-5-7-13(23-4)8-6-12/h5-8,10H,9H2,1-4H3,(H,19,22)(H2,18,20,25). The van der Waals surface area contributed by atoms with Crippen LogP contribution in [0.25, 0.3) is 0 Å². The highest BCUT2D eigenvalue weighted by Gasteiger charge is 2.22. The average molecular weight is 362 g/mol. The van der Waals surface area contributed by atoms with Crippen molar-refractivity contribution in [2.24, 2.45) is 0 Å². The van der Waals surface area contributed by atoms with E-state index in [1.165, 1.54) is 0 Å². The van der Waals surface area contributed by atoms with Gasteiger partial charge in [0.15, 0.2) is 10.9 Å². The highest BCUT2D eigenvalue weighted by atomic mass is 32.1. The van der Waals surface area contributed by atoms with E-state index in [2.05, 4.69) is 21.3 Å². The van der Waals surface area contributed by atoms with Crippen LogP contribution < -0.4 is 20.9 Å². The molecular formula is C17H22N4O3S. The zero-order valence-electron chi connectivity index (χ0n) is 14.7. The van der Waals surface area contributed by atoms with Crippen LogP contribution in [-0.4, -0.2) is 23.3 Å². The molecule has 0 aliphatic heterocycles. The monoisotopic (exact) mass is 362 g/mol. The Kier molecular flexibility index (Phi) is 6.35. The second-order valence-corrected chi connectivity index (χ2v) is 6.18. The lowest BCUT2D eigenvalue weighted by atomic mass is 10.1. The summed E-state index contributed by atoms with van der Waals surface area (Å²) in [4.78, 5) is 12.3. The van der Waals surface area contributed by atoms with E-state index in [0.717, 1.165) is 11.3 Å². The van der Waals surface area contributed by atoms with E-state index in [4.69, 9.17) is 21.5 Å². The topological polar surface area (TPSA) is 88.4 Å². The molecule has 0 saturated carbocycles. The molecule has 1 amide bonds. The van der Waals surface area contributed by atoms with Crippen LogP contribution in [0.4, 0.5) is 0 Å². The van der Waals surface area contributed by atoms with E-state index >= 15 is 0 Å². The molecule has 0 bridgehead atoms. The SMILES string of the molecule is COc1ccc(CNC(=S)NNC(=O)c2c(C)noc2C(C)C)cc1. The van der Waals surface area contributed by atoms with Gasteiger partial charge in [0, 0.05) is 12.5 Å². The zero-order valence-corrected chi connectivity index (χ0v) is 15.5. The summed E-state index contributed by atoms with van der Waals surface area (Å²) in [5, 5.41) is 7.18. The van der Waals surface area contributed by atoms with Gasteiger partial charge in [-0.15, -0.1) is 0 Å². The van der Waals surface area contributed by atoms with Crippen molar-refractivity contribution in [1.82, 2.24) is 21.3 Å². The summed E-state index contributed by atoms with van der Waals surface area (Å²) < 4.78 is 10.3. The van der Waals surface area contributed by atoms with E-state index < -0.39 is 0 Å². The number of benzene rings is 1. The Hall–Kier alpha value is -2.61. The number of thiocarbonyl (C=S) groups is 1. The van der Waals surface area contributed by atoms with Gasteiger partial charge in [-0.25, -0.2) is 0 Å². The highest BCUT2D eigenvalue weighted by Crippen LogP contribution is 2.21. The van der Waals surface area contributed by atoms with Crippen molar-refractivity contribution >= 4 is 23.2 Å². The van der Waals surface area contributed by atoms with Crippen molar-refractivity contribution in [2.75, 3.05) is 7.11 Å². The Morgan fingerprint density at radius 1 is 1.28 bits per heavy atom. The molecule has 0 atom stereocenters. The first-order valence-electron chi connectivity index (χ1n) is 7.85. The number of nitrogens with zero attached hydrogens (tertiary/aromatic N) is 1. The minimum absolute atomic E-state index is 0.0575. The van der Waals surface area contributed by atoms with Crippen LogP contribution in [0, 0.1) is 6.92 Å². The molecule has 2 rings (SSSR count). The third-order valence-corrected chi connectivity index (χ3v) is 3.79. The predicted octanol–water partition coefficient (Wildman–Crippen LogP) is 2.42. The first-order chi connectivity index (χ1) is 11.9. The molecular weight excluding hydrogens is 340 g/mol. The lowest BCUT2D eigenvalue weighted by Crippen LogP contribution is -2.46. The van der Waals surface area contributed by atoms with Gasteiger partial charge in [0.05, 0.1) is 12.8 Å². The number of ether oxygens (including phenoxy) is 1. The highest BCUT2D eigenvalue weighted by molar-refractivity contribution is 7.80. The molecule has 0 fully saturated rings. The van der Waals surface area contributed by atoms with Gasteiger partial charge in [0.2, 0.25) is 0 Å². The van der Waals surface area contributed by atoms with Crippen molar-refractivity contribution in [3.8, 4) is 5.75 Å². The molecule has 0 radical (unpaired) electrons. The Morgan fingerprint density at radius 2 is 1.96 bits per heavy atom. The number of hydrogen-bond donors (Lipinski definition) is 3. The quantitative estimate of drug-likeness (QED) is 0.556. The summed E-state index contributed by atoms with van der Waals surface area (Å²) in [6.45, 7) is 6.12. The van der Waals surface area contributed by atoms with Gasteiger partial charge >= 0.3 is 0 Å². The maximum atomic E-state index is 12.3. The number of nitrogens with one attached hydrogen (secondary N) is 3. The molecule has 0 unspecified atom stereocenters. The minimum atomic E-state index is -0.337. The number of hydrazine groups is 1. The Balaban J connectivity index is 1.85. The molecule has 1 aromatic heterocycles. The van der Waals surface area contributed by atoms with Gasteiger partial charge < -0.3 is 14.6 Å². The van der Waals surface area contributed by atoms with Gasteiger partial charge in [-0.2, -0.15) is 0 Å². The number of carbonyl (C=O) groups is 1. The van der Waals surface area contributed by atoms with E-state index in [1.807, 2.05) is 38.1 Å². The predicted molar refractivity (Wildman–Crippen MR) is 98.4 cm³/mol. The molecule has 25 heavy (non-hydrogen) atoms. The fourth-order valence-corrected chi connectivity index (χ4v) is 2.33. The second kappa shape index (κ2) is 8.48. The van der Waals surface area contributed by atoms with Gasteiger partial charge in [-0.1, -0.05) is 31.1 Å². The molecule has 1 heterocycles. The van der Waals surface area contributed by atoms with Crippen molar-refractivity contribution < 1.29 is 14.1 Å². The van der Waals surface area contributed by atoms with E-state index in [0.29, 0.717) is 28.7 Å². The number of amides is 1. The third kappa shape index (κ3) is 4.93. The molecule has 134 valence electrons. The van der Waals surface area contributed by atoms with Gasteiger partial charge in [-0.3, -0.25) is 15.6 Å². The molecule has 1 aromatic carbocycles. The van der Waals surface area contributed by atoms with Crippen LogP contribution in [-0.2, 0) is 6.54 Å². The molecule has 8 heteroatoms. The largest absolute Gasteiger partial charge is 0.497 e. The lowest BCUT2D eigenvalue weighted by molar-refractivity contribution is 0.0940. The number of hydrogen-bond acceptors (Lipinski definition) is 5. The summed E-state index contributed by atoms with van der Waals surface area (Å²) in [6.07, 6.45) is 0. The van der Waals surface area contributed by atoms with Crippen LogP contribution in [0.1, 0.15) is 47.1 Å². The second-order valence-electron chi connectivity index (χ2n) is 5.77. The summed E-state index contributed by atoms with van der Waals surface area (Å²) in [6, 6.07) is 7.61. The molecule has 3 N–H and O–H groups in total. The van der Waals surface area contributed by atoms with Crippen molar-refractivity contribution in [2.45, 2.75) is 33.2 Å². The molecule has 0 saturated heterocycles. The zero-order chi connectivity index (χ0) is 18.4. The van der Waals surface area contributed by atoms with Crippen LogP contribution >= 0.6 is 12.2 Å². The minimum Gasteiger partial charge on any atom is -0.497 e. The summed E-state index contributed by atoms with van der Waals surface area (Å²) >= 11 is 5.17. The molecule has 0 aliphatic carbocycles. The van der Waals surface area contributed by atoms with Crippen LogP contribution in [0.15, 0.2) is 28.8 Å². The molecule has 7 nitrogen and oxygen atoms in total. The smallest absolute Gasteiger partial charge is 0.275 e. The number of aryl methyl sites for hydroxylation is 1. The number of rotatable bonds is 5. The average Bonchev–Trinajstić information content (AvgIpc) is 3.00. The van der Waals surface area contributed by atoms with Gasteiger partial charge in [-0.05, 0) is 36.8 Å². The summed E-state index contributed by atoms with van der Waals surface area (Å²) in [5.41, 5.74) is 7.25. The Labute approximate surface area is 152 Å². The van der Waals surface area contributed by atoms with Crippen LogP contribution in [0.5, 0.6) is 5.75 Å². The third-order valence-electron chi connectivity index (χ3n) is 3.54. The van der Waals surface area contributed by atoms with Crippen molar-refractivity contribution in [3.63, 3.8) is 0 Å². The van der Waals surface area contributed by atoms with E-state index in [1.54, 1.807) is 14.0 Å². The molecule has 2 aromatic rings. The lowest BCUT2D eigenvalue weighted by Gasteiger charge is -2.12. The van der Waals surface area contributed by atoms with Gasteiger partial charge in [0.25, 0.3) is 5.91 Å². The number of carbonyl (C=O) groups excluding carboxylic acids is 1. The van der Waals surface area contributed by atoms with E-state index in [-0.39, 0.29) is 11.8 Å². The number of aromatic nitrogens is 1. The van der Waals surface area contributed by atoms with Crippen molar-refractivity contribution in [1.29, 1.82) is 0 Å². The number of methoxy groups -OCH3 is 1. The molecule has 0 spiro atoms. The molecule has 0 aliphatic rings.